The predicted octanol–water partition coefficient (Wildman–Crippen LogP) is 5.95. The Morgan fingerprint density at radius 2 is 1.55 bits per heavy atom. The second kappa shape index (κ2) is 12.4. The number of carbonyl (C=O) groups is 1. The van der Waals surface area contributed by atoms with Crippen LogP contribution >= 0.6 is 0 Å². The molecule has 200 valence electrons. The van der Waals surface area contributed by atoms with E-state index in [0.717, 1.165) is 0 Å². The van der Waals surface area contributed by atoms with Crippen LogP contribution in [0.1, 0.15) is 34.1 Å². The lowest BCUT2D eigenvalue weighted by molar-refractivity contribution is -0.124. The van der Waals surface area contributed by atoms with Crippen LogP contribution < -0.4 is 10.0 Å². The quantitative estimate of drug-likeness (QED) is 0.283. The SMILES string of the molecule is CC(C)(CF)C(=O)Nc1ccc(NS(=O)(=O)c2cccc(-c3nnc(-c4cccnc4)o3)c2)cc1.CCC. The highest BCUT2D eigenvalue weighted by atomic mass is 32.2. The van der Waals surface area contributed by atoms with Crippen LogP contribution in [0.25, 0.3) is 22.9 Å². The first kappa shape index (κ1) is 28.5. The molecule has 2 heterocycles. The molecule has 11 heteroatoms. The number of carbonyl (C=O) groups excluding carboxylic acids is 1. The number of rotatable bonds is 8. The first-order valence-electron chi connectivity index (χ1n) is 11.9. The smallest absolute Gasteiger partial charge is 0.261 e. The zero-order valence-corrected chi connectivity index (χ0v) is 22.4. The lowest BCUT2D eigenvalue weighted by Crippen LogP contribution is -2.32. The monoisotopic (exact) mass is 539 g/mol. The highest BCUT2D eigenvalue weighted by Gasteiger charge is 2.27. The minimum absolute atomic E-state index is 0.00166. The fourth-order valence-corrected chi connectivity index (χ4v) is 4.04. The number of pyridine rings is 1. The first-order chi connectivity index (χ1) is 18.1. The number of alkyl halides is 1. The van der Waals surface area contributed by atoms with Crippen molar-refractivity contribution in [1.29, 1.82) is 0 Å². The second-order valence-electron chi connectivity index (χ2n) is 9.04. The van der Waals surface area contributed by atoms with Gasteiger partial charge >= 0.3 is 0 Å². The Bertz CT molecular complexity index is 1460. The van der Waals surface area contributed by atoms with Crippen LogP contribution in [0.5, 0.6) is 0 Å². The Kier molecular flexibility index (Phi) is 9.30. The van der Waals surface area contributed by atoms with E-state index in [1.807, 2.05) is 0 Å². The molecule has 38 heavy (non-hydrogen) atoms. The van der Waals surface area contributed by atoms with E-state index >= 15 is 0 Å². The van der Waals surface area contributed by atoms with Crippen LogP contribution in [-0.2, 0) is 14.8 Å². The van der Waals surface area contributed by atoms with Gasteiger partial charge in [-0.1, -0.05) is 26.3 Å². The molecule has 1 amide bonds. The maximum atomic E-state index is 13.0. The summed E-state index contributed by atoms with van der Waals surface area (Å²) in [5, 5.41) is 10.6. The third-order valence-corrected chi connectivity index (χ3v) is 6.45. The predicted molar refractivity (Wildman–Crippen MR) is 145 cm³/mol. The molecular weight excluding hydrogens is 509 g/mol. The molecule has 4 rings (SSSR count). The Morgan fingerprint density at radius 1 is 0.947 bits per heavy atom. The maximum absolute atomic E-state index is 13.0. The molecule has 4 aromatic rings. The molecule has 2 aromatic carbocycles. The van der Waals surface area contributed by atoms with Gasteiger partial charge in [-0.15, -0.1) is 10.2 Å². The van der Waals surface area contributed by atoms with Crippen molar-refractivity contribution in [3.05, 3.63) is 73.1 Å². The Labute approximate surface area is 221 Å². The second-order valence-corrected chi connectivity index (χ2v) is 10.7. The molecule has 9 nitrogen and oxygen atoms in total. The summed E-state index contributed by atoms with van der Waals surface area (Å²) in [4.78, 5) is 16.1. The summed E-state index contributed by atoms with van der Waals surface area (Å²) in [7, 11) is -3.94. The van der Waals surface area contributed by atoms with Crippen molar-refractivity contribution in [2.24, 2.45) is 5.41 Å². The minimum atomic E-state index is -3.94. The Balaban J connectivity index is 0.00000127. The van der Waals surface area contributed by atoms with Gasteiger partial charge in [0.15, 0.2) is 0 Å². The van der Waals surface area contributed by atoms with Gasteiger partial charge in [-0.25, -0.2) is 12.8 Å². The van der Waals surface area contributed by atoms with Crippen LogP contribution in [0.2, 0.25) is 0 Å². The lowest BCUT2D eigenvalue weighted by Gasteiger charge is -2.19. The average molecular weight is 540 g/mol. The molecule has 2 N–H and O–H groups in total. The van der Waals surface area contributed by atoms with Crippen LogP contribution in [-0.4, -0.2) is 36.2 Å². The molecule has 0 spiro atoms. The van der Waals surface area contributed by atoms with Crippen molar-refractivity contribution in [1.82, 2.24) is 15.2 Å². The van der Waals surface area contributed by atoms with Crippen LogP contribution in [0.3, 0.4) is 0 Å². The molecule has 0 aliphatic heterocycles. The normalized spacial score (nSPS) is 11.3. The maximum Gasteiger partial charge on any atom is 0.261 e. The number of anilines is 2. The highest BCUT2D eigenvalue weighted by molar-refractivity contribution is 7.92. The van der Waals surface area contributed by atoms with E-state index in [4.69, 9.17) is 4.42 Å². The zero-order valence-electron chi connectivity index (χ0n) is 21.6. The van der Waals surface area contributed by atoms with E-state index in [1.165, 1.54) is 56.7 Å². The molecule has 0 aliphatic carbocycles. The van der Waals surface area contributed by atoms with Crippen molar-refractivity contribution in [3.8, 4) is 22.9 Å². The van der Waals surface area contributed by atoms with Gasteiger partial charge in [0.25, 0.3) is 10.0 Å². The minimum Gasteiger partial charge on any atom is -0.416 e. The van der Waals surface area contributed by atoms with Gasteiger partial charge in [0, 0.05) is 29.3 Å². The molecule has 0 unspecified atom stereocenters. The molecule has 0 aliphatic rings. The number of aromatic nitrogens is 3. The summed E-state index contributed by atoms with van der Waals surface area (Å²) >= 11 is 0. The molecule has 0 saturated carbocycles. The third kappa shape index (κ3) is 7.22. The number of nitrogens with one attached hydrogen (secondary N) is 2. The summed E-state index contributed by atoms with van der Waals surface area (Å²) in [6, 6.07) is 15.7. The number of hydrogen-bond donors (Lipinski definition) is 2. The van der Waals surface area contributed by atoms with Crippen LogP contribution in [0, 0.1) is 5.41 Å². The molecule has 2 aromatic heterocycles. The van der Waals surface area contributed by atoms with Gasteiger partial charge in [0.1, 0.15) is 6.67 Å². The lowest BCUT2D eigenvalue weighted by atomic mass is 9.94. The topological polar surface area (TPSA) is 127 Å². The molecular formula is C27H30FN5O4S. The van der Waals surface area contributed by atoms with Crippen molar-refractivity contribution in [3.63, 3.8) is 0 Å². The number of hydrogen-bond acceptors (Lipinski definition) is 7. The molecule has 0 radical (unpaired) electrons. The van der Waals surface area contributed by atoms with Crippen molar-refractivity contribution in [2.45, 2.75) is 39.0 Å². The average Bonchev–Trinajstić information content (AvgIpc) is 3.41. The number of benzene rings is 2. The molecule has 0 bridgehead atoms. The Morgan fingerprint density at radius 3 is 2.16 bits per heavy atom. The van der Waals surface area contributed by atoms with Gasteiger partial charge in [-0.05, 0) is 68.4 Å². The first-order valence-corrected chi connectivity index (χ1v) is 13.4. The van der Waals surface area contributed by atoms with Crippen molar-refractivity contribution >= 4 is 27.3 Å². The van der Waals surface area contributed by atoms with E-state index in [0.29, 0.717) is 16.8 Å². The van der Waals surface area contributed by atoms with Gasteiger partial charge in [-0.3, -0.25) is 14.5 Å². The van der Waals surface area contributed by atoms with Crippen molar-refractivity contribution in [2.75, 3.05) is 16.7 Å². The number of sulfonamides is 1. The largest absolute Gasteiger partial charge is 0.416 e. The fraction of sp³-hybridized carbons (Fsp3) is 0.259. The fourth-order valence-electron chi connectivity index (χ4n) is 2.94. The van der Waals surface area contributed by atoms with Crippen LogP contribution in [0.4, 0.5) is 15.8 Å². The van der Waals surface area contributed by atoms with E-state index in [2.05, 4.69) is 39.1 Å². The van der Waals surface area contributed by atoms with Gasteiger partial charge in [0.2, 0.25) is 17.7 Å². The van der Waals surface area contributed by atoms with Crippen LogP contribution in [0.15, 0.2) is 82.4 Å². The van der Waals surface area contributed by atoms with E-state index in [9.17, 15) is 17.6 Å². The zero-order chi connectivity index (χ0) is 27.8. The summed E-state index contributed by atoms with van der Waals surface area (Å²) in [6.07, 6.45) is 4.46. The van der Waals surface area contributed by atoms with E-state index in [1.54, 1.807) is 36.7 Å². The third-order valence-electron chi connectivity index (χ3n) is 5.07. The standard InChI is InChI=1S/C24H22FN5O4S.C3H8/c1-24(2,15-25)23(31)27-18-8-10-19(11-9-18)30-35(32,33)20-7-3-5-16(13-20)21-28-29-22(34-21)17-6-4-12-26-14-17;1-3-2/h3-14,30H,15H2,1-2H3,(H,27,31);3H2,1-2H3. The highest BCUT2D eigenvalue weighted by Crippen LogP contribution is 2.26. The summed E-state index contributed by atoms with van der Waals surface area (Å²) in [5.41, 5.74) is 0.619. The summed E-state index contributed by atoms with van der Waals surface area (Å²) in [6.45, 7) is 6.43. The van der Waals surface area contributed by atoms with E-state index in [-0.39, 0.29) is 22.4 Å². The van der Waals surface area contributed by atoms with Gasteiger partial charge in [0.05, 0.1) is 15.9 Å². The molecule has 0 saturated heterocycles. The molecule has 0 atom stereocenters. The van der Waals surface area contributed by atoms with Gasteiger partial charge < -0.3 is 9.73 Å². The van der Waals surface area contributed by atoms with Gasteiger partial charge in [-0.2, -0.15) is 0 Å². The Hall–Kier alpha value is -4.12. The number of amides is 1. The van der Waals surface area contributed by atoms with Crippen molar-refractivity contribution < 1.29 is 22.0 Å². The summed E-state index contributed by atoms with van der Waals surface area (Å²) in [5.74, 6) is -0.0448. The number of nitrogens with zero attached hydrogens (tertiary/aromatic N) is 3. The number of halogens is 1. The summed E-state index contributed by atoms with van der Waals surface area (Å²) < 4.78 is 47.1. The molecule has 0 fully saturated rings. The van der Waals surface area contributed by atoms with E-state index < -0.39 is 28.0 Å².